The van der Waals surface area contributed by atoms with Crippen LogP contribution in [0.5, 0.6) is 0 Å². The highest BCUT2D eigenvalue weighted by molar-refractivity contribution is 5.73. The van der Waals surface area contributed by atoms with Gasteiger partial charge in [0.2, 0.25) is 0 Å². The molecule has 0 atom stereocenters. The second kappa shape index (κ2) is 2.98. The van der Waals surface area contributed by atoms with E-state index >= 15 is 0 Å². The zero-order valence-corrected chi connectivity index (χ0v) is 3.98. The molecule has 8 heavy (non-hydrogen) atoms. The Morgan fingerprint density at radius 2 is 2.38 bits per heavy atom. The fourth-order valence-corrected chi connectivity index (χ4v) is 0.131. The topological polar surface area (TPSA) is 82.1 Å². The number of nitrogens with two attached hydrogens (primary N) is 1. The van der Waals surface area contributed by atoms with Crippen molar-refractivity contribution in [2.75, 3.05) is 0 Å². The van der Waals surface area contributed by atoms with Gasteiger partial charge < -0.3 is 11.1 Å². The van der Waals surface area contributed by atoms with E-state index in [4.69, 9.17) is 16.4 Å². The average Bonchev–Trinajstić information content (AvgIpc) is 1.84. The van der Waals surface area contributed by atoms with E-state index in [1.807, 2.05) is 0 Å². The number of halogens is 1. The molecular weight excluding hydrogens is 113 g/mol. The van der Waals surface area contributed by atoms with Crippen LogP contribution in [0.25, 0.3) is 0 Å². The van der Waals surface area contributed by atoms with Gasteiger partial charge in [0, 0.05) is 0 Å². The molecule has 46 valence electrons. The van der Waals surface area contributed by atoms with Gasteiger partial charge in [0.15, 0.2) is 11.6 Å². The van der Waals surface area contributed by atoms with Gasteiger partial charge in [0.05, 0.1) is 6.21 Å². The Morgan fingerprint density at radius 3 is 2.50 bits per heavy atom. The lowest BCUT2D eigenvalue weighted by molar-refractivity contribution is 0.195. The molecule has 0 aromatic rings. The molecule has 0 saturated carbocycles. The molecule has 5 N–H and O–H groups in total. The standard InChI is InChI=1S/C3H6FN3O/c4-2(1-5)3(6)7-8/h1,5,7-8H,6H2/b3-2-,5-1?. The van der Waals surface area contributed by atoms with E-state index in [0.717, 1.165) is 0 Å². The predicted molar refractivity (Wildman–Crippen MR) is 26.0 cm³/mol. The molecule has 4 nitrogen and oxygen atoms in total. The molecule has 0 amide bonds. The monoisotopic (exact) mass is 119 g/mol. The summed E-state index contributed by atoms with van der Waals surface area (Å²) >= 11 is 0. The number of allylic oxidation sites excluding steroid dienone is 1. The van der Waals surface area contributed by atoms with E-state index in [1.165, 1.54) is 5.48 Å². The SMILES string of the molecule is N=C/C(F)=C(\N)NO. The van der Waals surface area contributed by atoms with Crippen LogP contribution in [0.15, 0.2) is 11.6 Å². The first kappa shape index (κ1) is 6.90. The minimum atomic E-state index is -0.993. The molecule has 0 fully saturated rings. The van der Waals surface area contributed by atoms with Gasteiger partial charge >= 0.3 is 0 Å². The fraction of sp³-hybridized carbons (Fsp3) is 0. The second-order valence-electron chi connectivity index (χ2n) is 1.02. The summed E-state index contributed by atoms with van der Waals surface area (Å²) in [6.07, 6.45) is 0.387. The van der Waals surface area contributed by atoms with Crippen LogP contribution in [0, 0.1) is 5.41 Å². The number of rotatable bonds is 2. The molecule has 0 aliphatic rings. The summed E-state index contributed by atoms with van der Waals surface area (Å²) in [7, 11) is 0. The Kier molecular flexibility index (Phi) is 2.57. The van der Waals surface area contributed by atoms with Gasteiger partial charge in [0.1, 0.15) is 0 Å². The van der Waals surface area contributed by atoms with Crippen LogP contribution in [0.1, 0.15) is 0 Å². The Hall–Kier alpha value is -1.10. The zero-order valence-electron chi connectivity index (χ0n) is 3.98. The van der Waals surface area contributed by atoms with Gasteiger partial charge in [-0.2, -0.15) is 0 Å². The third-order valence-electron chi connectivity index (χ3n) is 0.504. The molecule has 0 aliphatic carbocycles. The third kappa shape index (κ3) is 1.57. The highest BCUT2D eigenvalue weighted by Gasteiger charge is 1.93. The van der Waals surface area contributed by atoms with Gasteiger partial charge in [-0.3, -0.25) is 10.7 Å². The van der Waals surface area contributed by atoms with Crippen molar-refractivity contribution in [1.29, 1.82) is 5.41 Å². The Bertz CT molecular complexity index is 122. The maximum absolute atomic E-state index is 11.8. The van der Waals surface area contributed by atoms with Gasteiger partial charge in [-0.15, -0.1) is 0 Å². The maximum atomic E-state index is 11.8. The van der Waals surface area contributed by atoms with Gasteiger partial charge in [-0.05, 0) is 0 Å². The van der Waals surface area contributed by atoms with Crippen molar-refractivity contribution >= 4 is 6.21 Å². The van der Waals surface area contributed by atoms with E-state index in [0.29, 0.717) is 6.21 Å². The molecular formula is C3H6FN3O. The minimum absolute atomic E-state index is 0.387. The lowest BCUT2D eigenvalue weighted by atomic mass is 10.6. The maximum Gasteiger partial charge on any atom is 0.182 e. The summed E-state index contributed by atoms with van der Waals surface area (Å²) in [4.78, 5) is 0. The van der Waals surface area contributed by atoms with Crippen LogP contribution in [-0.2, 0) is 0 Å². The second-order valence-corrected chi connectivity index (χ2v) is 1.02. The van der Waals surface area contributed by atoms with Gasteiger partial charge in [-0.25, -0.2) is 4.39 Å². The Morgan fingerprint density at radius 1 is 1.88 bits per heavy atom. The van der Waals surface area contributed by atoms with Gasteiger partial charge in [-0.1, -0.05) is 0 Å². The van der Waals surface area contributed by atoms with Crippen molar-refractivity contribution in [2.24, 2.45) is 5.73 Å². The van der Waals surface area contributed by atoms with E-state index in [2.05, 4.69) is 0 Å². The molecule has 5 heteroatoms. The highest BCUT2D eigenvalue weighted by Crippen LogP contribution is 1.90. The number of hydroxylamine groups is 1. The first-order chi connectivity index (χ1) is 3.72. The van der Waals surface area contributed by atoms with E-state index in [-0.39, 0.29) is 0 Å². The number of nitrogens with one attached hydrogen (secondary N) is 2. The average molecular weight is 119 g/mol. The molecule has 0 saturated heterocycles. The van der Waals surface area contributed by atoms with Crippen molar-refractivity contribution < 1.29 is 9.60 Å². The Labute approximate surface area is 45.3 Å². The molecule has 0 spiro atoms. The molecule has 0 aromatic heterocycles. The van der Waals surface area contributed by atoms with Crippen molar-refractivity contribution in [3.05, 3.63) is 11.6 Å². The fourth-order valence-electron chi connectivity index (χ4n) is 0.131. The lowest BCUT2D eigenvalue weighted by Gasteiger charge is -1.94. The number of hydrogen-bond donors (Lipinski definition) is 4. The summed E-state index contributed by atoms with van der Waals surface area (Å²) in [5.74, 6) is -1.55. The highest BCUT2D eigenvalue weighted by atomic mass is 19.1. The van der Waals surface area contributed by atoms with Crippen LogP contribution in [-0.4, -0.2) is 11.4 Å². The van der Waals surface area contributed by atoms with Crippen molar-refractivity contribution in [2.45, 2.75) is 0 Å². The molecule has 0 unspecified atom stereocenters. The Balaban J connectivity index is 4.03. The predicted octanol–water partition coefficient (Wildman–Crippen LogP) is -0.288. The molecule has 0 aliphatic heterocycles. The molecule has 0 heterocycles. The molecule has 0 bridgehead atoms. The summed E-state index contributed by atoms with van der Waals surface area (Å²) in [5.41, 5.74) is 6.07. The summed E-state index contributed by atoms with van der Waals surface area (Å²) in [6.45, 7) is 0. The van der Waals surface area contributed by atoms with Crippen molar-refractivity contribution in [3.63, 3.8) is 0 Å². The van der Waals surface area contributed by atoms with Crippen molar-refractivity contribution in [3.8, 4) is 0 Å². The summed E-state index contributed by atoms with van der Waals surface area (Å²) in [6, 6.07) is 0. The van der Waals surface area contributed by atoms with Crippen LogP contribution < -0.4 is 11.2 Å². The smallest absolute Gasteiger partial charge is 0.182 e. The molecule has 0 radical (unpaired) electrons. The van der Waals surface area contributed by atoms with Crippen molar-refractivity contribution in [1.82, 2.24) is 5.48 Å². The van der Waals surface area contributed by atoms with Crippen LogP contribution in [0.4, 0.5) is 4.39 Å². The quantitative estimate of drug-likeness (QED) is 0.298. The van der Waals surface area contributed by atoms with Crippen LogP contribution in [0.2, 0.25) is 0 Å². The zero-order chi connectivity index (χ0) is 6.57. The van der Waals surface area contributed by atoms with E-state index in [9.17, 15) is 4.39 Å². The first-order valence-electron chi connectivity index (χ1n) is 1.78. The third-order valence-corrected chi connectivity index (χ3v) is 0.504. The number of hydrogen-bond acceptors (Lipinski definition) is 4. The van der Waals surface area contributed by atoms with Crippen LogP contribution in [0.3, 0.4) is 0 Å². The first-order valence-corrected chi connectivity index (χ1v) is 1.78. The summed E-state index contributed by atoms with van der Waals surface area (Å²) < 4.78 is 11.8. The van der Waals surface area contributed by atoms with Gasteiger partial charge in [0.25, 0.3) is 0 Å². The largest absolute Gasteiger partial charge is 0.381 e. The van der Waals surface area contributed by atoms with Crippen LogP contribution >= 0.6 is 0 Å². The van der Waals surface area contributed by atoms with E-state index < -0.39 is 11.6 Å². The normalized spacial score (nSPS) is 12.2. The van der Waals surface area contributed by atoms with E-state index in [1.54, 1.807) is 0 Å². The molecule has 0 aromatic carbocycles. The lowest BCUT2D eigenvalue weighted by Crippen LogP contribution is -2.17. The summed E-state index contributed by atoms with van der Waals surface area (Å²) in [5, 5.41) is 14.1. The minimum Gasteiger partial charge on any atom is -0.381 e. The molecule has 0 rings (SSSR count).